The number of unbranched alkanes of at least 4 members (excludes halogenated alkanes) is 1. The van der Waals surface area contributed by atoms with Crippen LogP contribution in [0.4, 0.5) is 13.2 Å². The normalized spacial score (nSPS) is 11.6. The molecule has 18 heavy (non-hydrogen) atoms. The Hall–Kier alpha value is -1.72. The molecule has 0 spiro atoms. The summed E-state index contributed by atoms with van der Waals surface area (Å²) in [6, 6.07) is 1.67. The average molecular weight is 262 g/mol. The summed E-state index contributed by atoms with van der Waals surface area (Å²) in [6.07, 6.45) is -3.24. The third-order valence-electron chi connectivity index (χ3n) is 2.50. The molecule has 0 atom stereocenters. The van der Waals surface area contributed by atoms with Crippen LogP contribution in [0.5, 0.6) is 11.5 Å². The molecular weight excluding hydrogens is 249 g/mol. The number of alkyl halides is 3. The summed E-state index contributed by atoms with van der Waals surface area (Å²) >= 11 is 0. The lowest BCUT2D eigenvalue weighted by Gasteiger charge is -2.10. The van der Waals surface area contributed by atoms with Crippen LogP contribution in [-0.4, -0.2) is 22.2 Å². The molecule has 0 heterocycles. The predicted octanol–water partition coefficient (Wildman–Crippen LogP) is 3.19. The Kier molecular flexibility index (Phi) is 4.21. The zero-order valence-corrected chi connectivity index (χ0v) is 9.71. The van der Waals surface area contributed by atoms with Crippen molar-refractivity contribution >= 4 is 5.78 Å². The highest BCUT2D eigenvalue weighted by Gasteiger charge is 2.40. The third-order valence-corrected chi connectivity index (χ3v) is 2.50. The molecule has 0 aliphatic heterocycles. The molecule has 0 aliphatic rings. The van der Waals surface area contributed by atoms with Crippen LogP contribution in [0.25, 0.3) is 0 Å². The van der Waals surface area contributed by atoms with Gasteiger partial charge >= 0.3 is 6.18 Å². The van der Waals surface area contributed by atoms with Gasteiger partial charge < -0.3 is 10.2 Å². The maximum absolute atomic E-state index is 12.3. The average Bonchev–Trinajstić information content (AvgIpc) is 2.26. The van der Waals surface area contributed by atoms with Gasteiger partial charge in [0.15, 0.2) is 0 Å². The van der Waals surface area contributed by atoms with Crippen LogP contribution in [0.15, 0.2) is 12.1 Å². The molecule has 1 aromatic rings. The number of phenols is 2. The van der Waals surface area contributed by atoms with E-state index >= 15 is 0 Å². The molecule has 0 fully saturated rings. The number of halogens is 3. The van der Waals surface area contributed by atoms with Crippen molar-refractivity contribution in [2.24, 2.45) is 0 Å². The number of ketones is 1. The topological polar surface area (TPSA) is 57.5 Å². The van der Waals surface area contributed by atoms with Crippen molar-refractivity contribution < 1.29 is 28.2 Å². The summed E-state index contributed by atoms with van der Waals surface area (Å²) in [5.41, 5.74) is -0.603. The van der Waals surface area contributed by atoms with Crippen LogP contribution >= 0.6 is 0 Å². The Morgan fingerprint density at radius 2 is 1.83 bits per heavy atom. The fourth-order valence-electron chi connectivity index (χ4n) is 1.52. The first-order valence-corrected chi connectivity index (χ1v) is 5.43. The molecule has 0 unspecified atom stereocenters. The standard InChI is InChI=1S/C12H13F3O3/c1-2-3-4-7-5-8(10(17)6-9(7)16)11(18)12(13,14)15/h5-6,16-17H,2-4H2,1H3. The Labute approximate surface area is 102 Å². The monoisotopic (exact) mass is 262 g/mol. The van der Waals surface area contributed by atoms with E-state index in [0.29, 0.717) is 12.8 Å². The van der Waals surface area contributed by atoms with Crippen LogP contribution in [0.3, 0.4) is 0 Å². The van der Waals surface area contributed by atoms with Crippen molar-refractivity contribution in [1.29, 1.82) is 0 Å². The Morgan fingerprint density at radius 1 is 1.22 bits per heavy atom. The van der Waals surface area contributed by atoms with E-state index in [1.807, 2.05) is 6.92 Å². The molecule has 0 bridgehead atoms. The van der Waals surface area contributed by atoms with E-state index in [-0.39, 0.29) is 11.3 Å². The molecule has 2 N–H and O–H groups in total. The molecule has 100 valence electrons. The molecule has 0 radical (unpaired) electrons. The number of benzene rings is 1. The van der Waals surface area contributed by atoms with E-state index in [0.717, 1.165) is 18.6 Å². The number of hydrogen-bond acceptors (Lipinski definition) is 3. The van der Waals surface area contributed by atoms with Gasteiger partial charge in [-0.05, 0) is 24.5 Å². The van der Waals surface area contributed by atoms with Crippen molar-refractivity contribution in [2.45, 2.75) is 32.4 Å². The Morgan fingerprint density at radius 3 is 2.33 bits per heavy atom. The summed E-state index contributed by atoms with van der Waals surface area (Å²) < 4.78 is 36.8. The summed E-state index contributed by atoms with van der Waals surface area (Å²) in [5.74, 6) is -3.28. The number of carbonyl (C=O) groups is 1. The number of aromatic hydroxyl groups is 2. The minimum Gasteiger partial charge on any atom is -0.508 e. The van der Waals surface area contributed by atoms with Crippen molar-refractivity contribution in [1.82, 2.24) is 0 Å². The van der Waals surface area contributed by atoms with Crippen molar-refractivity contribution in [3.63, 3.8) is 0 Å². The van der Waals surface area contributed by atoms with E-state index in [1.54, 1.807) is 0 Å². The highest BCUT2D eigenvalue weighted by Crippen LogP contribution is 2.32. The third kappa shape index (κ3) is 3.15. The SMILES string of the molecule is CCCCc1cc(C(=O)C(F)(F)F)c(O)cc1O. The number of hydrogen-bond donors (Lipinski definition) is 2. The number of aryl methyl sites for hydroxylation is 1. The molecule has 0 aliphatic carbocycles. The van der Waals surface area contributed by atoms with Gasteiger partial charge in [0.1, 0.15) is 11.5 Å². The molecular formula is C12H13F3O3. The van der Waals surface area contributed by atoms with Gasteiger partial charge in [0, 0.05) is 6.07 Å². The molecule has 6 heteroatoms. The van der Waals surface area contributed by atoms with E-state index < -0.39 is 23.3 Å². The van der Waals surface area contributed by atoms with Crippen LogP contribution < -0.4 is 0 Å². The van der Waals surface area contributed by atoms with Gasteiger partial charge in [-0.3, -0.25) is 4.79 Å². The zero-order valence-electron chi connectivity index (χ0n) is 9.71. The largest absolute Gasteiger partial charge is 0.508 e. The molecule has 0 amide bonds. The second kappa shape index (κ2) is 5.29. The van der Waals surface area contributed by atoms with Gasteiger partial charge in [0.05, 0.1) is 5.56 Å². The van der Waals surface area contributed by atoms with Crippen molar-refractivity contribution in [2.75, 3.05) is 0 Å². The van der Waals surface area contributed by atoms with Crippen LogP contribution in [0.2, 0.25) is 0 Å². The van der Waals surface area contributed by atoms with E-state index in [9.17, 15) is 28.2 Å². The Balaban J connectivity index is 3.16. The first-order chi connectivity index (χ1) is 8.27. The molecule has 3 nitrogen and oxygen atoms in total. The highest BCUT2D eigenvalue weighted by atomic mass is 19.4. The minimum atomic E-state index is -5.05. The molecule has 0 saturated heterocycles. The quantitative estimate of drug-likeness (QED) is 0.819. The summed E-state index contributed by atoms with van der Waals surface area (Å²) in [6.45, 7) is 1.89. The van der Waals surface area contributed by atoms with Gasteiger partial charge in [0.25, 0.3) is 5.78 Å². The summed E-state index contributed by atoms with van der Waals surface area (Å²) in [4.78, 5) is 11.1. The second-order valence-corrected chi connectivity index (χ2v) is 3.93. The van der Waals surface area contributed by atoms with Gasteiger partial charge in [-0.15, -0.1) is 0 Å². The number of carbonyl (C=O) groups excluding carboxylic acids is 1. The van der Waals surface area contributed by atoms with E-state index in [2.05, 4.69) is 0 Å². The molecule has 1 rings (SSSR count). The van der Waals surface area contributed by atoms with Gasteiger partial charge in [-0.25, -0.2) is 0 Å². The lowest BCUT2D eigenvalue weighted by molar-refractivity contribution is -0.0886. The first-order valence-electron chi connectivity index (χ1n) is 5.43. The lowest BCUT2D eigenvalue weighted by Crippen LogP contribution is -2.23. The number of phenolic OH excluding ortho intramolecular Hbond substituents is 2. The van der Waals surface area contributed by atoms with E-state index in [1.165, 1.54) is 0 Å². The first kappa shape index (κ1) is 14.3. The van der Waals surface area contributed by atoms with Crippen molar-refractivity contribution in [3.8, 4) is 11.5 Å². The molecule has 0 aromatic heterocycles. The van der Waals surface area contributed by atoms with E-state index in [4.69, 9.17) is 0 Å². The number of rotatable bonds is 4. The zero-order chi connectivity index (χ0) is 13.9. The van der Waals surface area contributed by atoms with Crippen LogP contribution in [-0.2, 0) is 6.42 Å². The summed E-state index contributed by atoms with van der Waals surface area (Å²) in [7, 11) is 0. The molecule has 0 saturated carbocycles. The van der Waals surface area contributed by atoms with Crippen LogP contribution in [0, 0.1) is 0 Å². The van der Waals surface area contributed by atoms with Crippen molar-refractivity contribution in [3.05, 3.63) is 23.3 Å². The van der Waals surface area contributed by atoms with Crippen LogP contribution in [0.1, 0.15) is 35.7 Å². The van der Waals surface area contributed by atoms with Gasteiger partial charge in [-0.1, -0.05) is 13.3 Å². The second-order valence-electron chi connectivity index (χ2n) is 3.93. The maximum atomic E-state index is 12.3. The van der Waals surface area contributed by atoms with Gasteiger partial charge in [-0.2, -0.15) is 13.2 Å². The Bertz CT molecular complexity index is 453. The fourth-order valence-corrected chi connectivity index (χ4v) is 1.52. The number of Topliss-reactive ketones (excluding diaryl/α,β-unsaturated/α-hetero) is 1. The predicted molar refractivity (Wildman–Crippen MR) is 58.8 cm³/mol. The molecule has 1 aromatic carbocycles. The minimum absolute atomic E-state index is 0.224. The smallest absolute Gasteiger partial charge is 0.455 e. The maximum Gasteiger partial charge on any atom is 0.455 e. The summed E-state index contributed by atoms with van der Waals surface area (Å²) in [5, 5.41) is 18.8. The fraction of sp³-hybridized carbons (Fsp3) is 0.417. The lowest BCUT2D eigenvalue weighted by atomic mass is 10.0. The highest BCUT2D eigenvalue weighted by molar-refractivity contribution is 6.02. The van der Waals surface area contributed by atoms with Gasteiger partial charge in [0.2, 0.25) is 0 Å².